The molecule has 0 spiro atoms. The molecular formula is C18H32O4. The molecule has 2 unspecified atom stereocenters. The van der Waals surface area contributed by atoms with Gasteiger partial charge in [0.25, 0.3) is 0 Å². The zero-order valence-electron chi connectivity index (χ0n) is 14.1. The Balaban J connectivity index is 4.64. The van der Waals surface area contributed by atoms with Crippen molar-refractivity contribution in [1.82, 2.24) is 0 Å². The van der Waals surface area contributed by atoms with Crippen LogP contribution >= 0.6 is 0 Å². The zero-order chi connectivity index (χ0) is 16.8. The van der Waals surface area contributed by atoms with E-state index in [2.05, 4.69) is 13.8 Å². The summed E-state index contributed by atoms with van der Waals surface area (Å²) in [5.41, 5.74) is 0. The summed E-state index contributed by atoms with van der Waals surface area (Å²) < 4.78 is 0. The van der Waals surface area contributed by atoms with Crippen molar-refractivity contribution in [3.63, 3.8) is 0 Å². The Morgan fingerprint density at radius 3 is 2.14 bits per heavy atom. The van der Waals surface area contributed by atoms with Crippen molar-refractivity contribution in [2.45, 2.75) is 78.1 Å². The molecule has 4 heteroatoms. The van der Waals surface area contributed by atoms with Gasteiger partial charge in [0.05, 0.1) is 12.3 Å². The molecule has 0 heterocycles. The van der Waals surface area contributed by atoms with E-state index in [1.54, 1.807) is 0 Å². The van der Waals surface area contributed by atoms with Gasteiger partial charge in [0, 0.05) is 0 Å². The number of aliphatic carboxylic acids is 2. The molecule has 0 aromatic rings. The van der Waals surface area contributed by atoms with E-state index in [0.717, 1.165) is 51.4 Å². The molecule has 128 valence electrons. The molecule has 0 saturated heterocycles. The highest BCUT2D eigenvalue weighted by Gasteiger charge is 2.28. The van der Waals surface area contributed by atoms with Gasteiger partial charge in [0.2, 0.25) is 0 Å². The molecule has 0 aromatic carbocycles. The summed E-state index contributed by atoms with van der Waals surface area (Å²) in [5.74, 6) is -3.03. The highest BCUT2D eigenvalue weighted by atomic mass is 16.4. The average molecular weight is 312 g/mol. The van der Waals surface area contributed by atoms with Gasteiger partial charge < -0.3 is 10.2 Å². The Bertz CT molecular complexity index is 336. The van der Waals surface area contributed by atoms with Crippen LogP contribution in [-0.2, 0) is 9.59 Å². The average Bonchev–Trinajstić information content (AvgIpc) is 2.46. The minimum absolute atomic E-state index is 0.174. The molecule has 0 amide bonds. The van der Waals surface area contributed by atoms with Crippen LogP contribution < -0.4 is 0 Å². The van der Waals surface area contributed by atoms with Gasteiger partial charge in [-0.3, -0.25) is 9.59 Å². The first-order chi connectivity index (χ1) is 10.5. The van der Waals surface area contributed by atoms with Crippen molar-refractivity contribution in [2.24, 2.45) is 11.8 Å². The lowest BCUT2D eigenvalue weighted by atomic mass is 9.84. The van der Waals surface area contributed by atoms with Crippen molar-refractivity contribution in [1.29, 1.82) is 0 Å². The van der Waals surface area contributed by atoms with Gasteiger partial charge in [0.1, 0.15) is 0 Å². The molecule has 2 atom stereocenters. The summed E-state index contributed by atoms with van der Waals surface area (Å²) in [5, 5.41) is 18.3. The third-order valence-electron chi connectivity index (χ3n) is 3.98. The fourth-order valence-corrected chi connectivity index (χ4v) is 2.63. The Morgan fingerprint density at radius 2 is 1.59 bits per heavy atom. The molecule has 0 aliphatic carbocycles. The van der Waals surface area contributed by atoms with Crippen LogP contribution in [0.1, 0.15) is 78.1 Å². The zero-order valence-corrected chi connectivity index (χ0v) is 14.1. The summed E-state index contributed by atoms with van der Waals surface area (Å²) in [4.78, 5) is 22.3. The fourth-order valence-electron chi connectivity index (χ4n) is 2.63. The Morgan fingerprint density at radius 1 is 0.955 bits per heavy atom. The van der Waals surface area contributed by atoms with E-state index in [9.17, 15) is 14.7 Å². The van der Waals surface area contributed by atoms with E-state index in [4.69, 9.17) is 5.11 Å². The van der Waals surface area contributed by atoms with E-state index in [0.29, 0.717) is 0 Å². The SMILES string of the molecule is CCCCCC=CC(CCCCCC)C(CC(=O)O)C(=O)O. The van der Waals surface area contributed by atoms with Crippen molar-refractivity contribution in [2.75, 3.05) is 0 Å². The van der Waals surface area contributed by atoms with Crippen LogP contribution in [0.4, 0.5) is 0 Å². The molecule has 0 aliphatic heterocycles. The molecule has 0 aromatic heterocycles. The van der Waals surface area contributed by atoms with Gasteiger partial charge in [0.15, 0.2) is 0 Å². The van der Waals surface area contributed by atoms with Gasteiger partial charge in [-0.1, -0.05) is 64.5 Å². The maximum Gasteiger partial charge on any atom is 0.307 e. The first-order valence-corrected chi connectivity index (χ1v) is 8.64. The third kappa shape index (κ3) is 10.4. The summed E-state index contributed by atoms with van der Waals surface area (Å²) in [6, 6.07) is 0. The monoisotopic (exact) mass is 312 g/mol. The van der Waals surface area contributed by atoms with Crippen molar-refractivity contribution < 1.29 is 19.8 Å². The summed E-state index contributed by atoms with van der Waals surface area (Å²) in [6.07, 6.45) is 13.1. The topological polar surface area (TPSA) is 74.6 Å². The number of allylic oxidation sites excluding steroid dienone is 2. The summed E-state index contributed by atoms with van der Waals surface area (Å²) in [6.45, 7) is 4.28. The molecule has 0 saturated carbocycles. The van der Waals surface area contributed by atoms with Crippen LogP contribution in [0.3, 0.4) is 0 Å². The highest BCUT2D eigenvalue weighted by Crippen LogP contribution is 2.25. The van der Waals surface area contributed by atoms with Gasteiger partial charge in [-0.2, -0.15) is 0 Å². The second-order valence-corrected chi connectivity index (χ2v) is 5.98. The molecule has 0 rings (SSSR count). The van der Waals surface area contributed by atoms with E-state index in [-0.39, 0.29) is 12.3 Å². The fraction of sp³-hybridized carbons (Fsp3) is 0.778. The van der Waals surface area contributed by atoms with Crippen LogP contribution in [0.25, 0.3) is 0 Å². The predicted molar refractivity (Wildman–Crippen MR) is 88.9 cm³/mol. The highest BCUT2D eigenvalue weighted by molar-refractivity contribution is 5.78. The largest absolute Gasteiger partial charge is 0.481 e. The van der Waals surface area contributed by atoms with Crippen molar-refractivity contribution in [3.05, 3.63) is 12.2 Å². The molecular weight excluding hydrogens is 280 g/mol. The van der Waals surface area contributed by atoms with Gasteiger partial charge in [-0.15, -0.1) is 0 Å². The van der Waals surface area contributed by atoms with Gasteiger partial charge >= 0.3 is 11.9 Å². The van der Waals surface area contributed by atoms with Crippen LogP contribution in [0.15, 0.2) is 12.2 Å². The number of unbranched alkanes of at least 4 members (excludes halogenated alkanes) is 6. The van der Waals surface area contributed by atoms with Gasteiger partial charge in [-0.05, 0) is 25.2 Å². The van der Waals surface area contributed by atoms with Crippen LogP contribution in [0.2, 0.25) is 0 Å². The quantitative estimate of drug-likeness (QED) is 0.354. The normalized spacial score (nSPS) is 14.1. The standard InChI is InChI=1S/C18H32O4/c1-3-5-7-9-11-13-15(12-10-8-6-4-2)16(18(21)22)14-17(19)20/h11,13,15-16H,3-10,12,14H2,1-2H3,(H,19,20)(H,21,22). The molecule has 2 N–H and O–H groups in total. The van der Waals surface area contributed by atoms with E-state index in [1.165, 1.54) is 6.42 Å². The van der Waals surface area contributed by atoms with E-state index >= 15 is 0 Å². The molecule has 0 radical (unpaired) electrons. The van der Waals surface area contributed by atoms with E-state index in [1.807, 2.05) is 12.2 Å². The molecule has 4 nitrogen and oxygen atoms in total. The molecule has 0 bridgehead atoms. The second-order valence-electron chi connectivity index (χ2n) is 5.98. The first kappa shape index (κ1) is 20.7. The molecule has 0 fully saturated rings. The van der Waals surface area contributed by atoms with Crippen LogP contribution in [0.5, 0.6) is 0 Å². The van der Waals surface area contributed by atoms with Crippen LogP contribution in [0, 0.1) is 11.8 Å². The number of hydrogen-bond acceptors (Lipinski definition) is 2. The lowest BCUT2D eigenvalue weighted by Gasteiger charge is -2.19. The van der Waals surface area contributed by atoms with Crippen molar-refractivity contribution in [3.8, 4) is 0 Å². The van der Waals surface area contributed by atoms with Gasteiger partial charge in [-0.25, -0.2) is 0 Å². The van der Waals surface area contributed by atoms with Crippen molar-refractivity contribution >= 4 is 11.9 Å². The number of rotatable bonds is 14. The third-order valence-corrected chi connectivity index (χ3v) is 3.98. The molecule has 0 aliphatic rings. The number of hydrogen-bond donors (Lipinski definition) is 2. The number of carbonyl (C=O) groups is 2. The minimum Gasteiger partial charge on any atom is -0.481 e. The lowest BCUT2D eigenvalue weighted by Crippen LogP contribution is -2.25. The van der Waals surface area contributed by atoms with Crippen LogP contribution in [-0.4, -0.2) is 22.2 Å². The Hall–Kier alpha value is -1.32. The first-order valence-electron chi connectivity index (χ1n) is 8.64. The number of carboxylic acid groups (broad SMARTS) is 2. The number of carboxylic acids is 2. The maximum atomic E-state index is 11.4. The molecule has 22 heavy (non-hydrogen) atoms. The Labute approximate surface area is 134 Å². The minimum atomic E-state index is -1.04. The predicted octanol–water partition coefficient (Wildman–Crippen LogP) is 4.89. The summed E-state index contributed by atoms with van der Waals surface area (Å²) >= 11 is 0. The lowest BCUT2D eigenvalue weighted by molar-refractivity contribution is -0.149. The Kier molecular flexibility index (Phi) is 12.5. The maximum absolute atomic E-state index is 11.4. The summed E-state index contributed by atoms with van der Waals surface area (Å²) in [7, 11) is 0. The second kappa shape index (κ2) is 13.4. The van der Waals surface area contributed by atoms with E-state index < -0.39 is 17.9 Å². The smallest absolute Gasteiger partial charge is 0.307 e.